The first kappa shape index (κ1) is 15.1. The molecule has 4 nitrogen and oxygen atoms in total. The Bertz CT molecular complexity index is 548. The van der Waals surface area contributed by atoms with E-state index < -0.39 is 0 Å². The smallest absolute Gasteiger partial charge is 0.243 e. The molecule has 1 aromatic rings. The van der Waals surface area contributed by atoms with Crippen molar-refractivity contribution >= 4 is 40.7 Å². The van der Waals surface area contributed by atoms with Gasteiger partial charge in [-0.2, -0.15) is 0 Å². The number of carbonyl (C=O) groups excluding carboxylic acids is 2. The number of benzene rings is 1. The molecule has 20 heavy (non-hydrogen) atoms. The Labute approximate surface area is 128 Å². The lowest BCUT2D eigenvalue weighted by Crippen LogP contribution is -2.36. The van der Waals surface area contributed by atoms with Gasteiger partial charge in [0.1, 0.15) is 0 Å². The lowest BCUT2D eigenvalue weighted by Gasteiger charge is -2.16. The molecule has 0 aromatic heterocycles. The van der Waals surface area contributed by atoms with Crippen LogP contribution in [0.2, 0.25) is 10.0 Å². The molecule has 0 heterocycles. The van der Waals surface area contributed by atoms with E-state index in [4.69, 9.17) is 23.2 Å². The molecule has 0 bridgehead atoms. The number of hydrogen-bond donors (Lipinski definition) is 1. The first-order chi connectivity index (χ1) is 9.38. The summed E-state index contributed by atoms with van der Waals surface area (Å²) in [6.45, 7) is 2.06. The zero-order chi connectivity index (χ0) is 14.9. The van der Waals surface area contributed by atoms with Crippen molar-refractivity contribution in [2.45, 2.75) is 13.3 Å². The lowest BCUT2D eigenvalue weighted by molar-refractivity contribution is -0.134. The predicted octanol–water partition coefficient (Wildman–Crippen LogP) is 3.05. The van der Waals surface area contributed by atoms with Gasteiger partial charge in [-0.15, -0.1) is 0 Å². The zero-order valence-electron chi connectivity index (χ0n) is 11.3. The highest BCUT2D eigenvalue weighted by atomic mass is 35.5. The van der Waals surface area contributed by atoms with Crippen LogP contribution >= 0.6 is 23.2 Å². The van der Waals surface area contributed by atoms with Gasteiger partial charge in [0.25, 0.3) is 0 Å². The van der Waals surface area contributed by atoms with Crippen LogP contribution in [0.25, 0.3) is 0 Å². The third kappa shape index (κ3) is 3.64. The highest BCUT2D eigenvalue weighted by Crippen LogP contribution is 2.38. The number of likely N-dealkylation sites (N-methyl/N-ethyl adjacent to an activating group) is 1. The molecule has 2 rings (SSSR count). The van der Waals surface area contributed by atoms with Gasteiger partial charge in [0.2, 0.25) is 11.8 Å². The summed E-state index contributed by atoms with van der Waals surface area (Å²) in [5, 5.41) is 3.50. The predicted molar refractivity (Wildman–Crippen MR) is 80.0 cm³/mol. The van der Waals surface area contributed by atoms with Crippen molar-refractivity contribution < 1.29 is 9.59 Å². The number of rotatable bonds is 4. The number of nitrogens with zero attached hydrogens (tertiary/aromatic N) is 1. The van der Waals surface area contributed by atoms with Crippen LogP contribution in [-0.2, 0) is 9.59 Å². The summed E-state index contributed by atoms with van der Waals surface area (Å²) in [7, 11) is 1.64. The molecule has 0 radical (unpaired) electrons. The third-order valence-electron chi connectivity index (χ3n) is 3.39. The molecular weight excluding hydrogens is 299 g/mol. The van der Waals surface area contributed by atoms with Crippen molar-refractivity contribution in [3.05, 3.63) is 28.2 Å². The highest BCUT2D eigenvalue weighted by Gasteiger charge is 2.40. The van der Waals surface area contributed by atoms with Crippen molar-refractivity contribution in [2.24, 2.45) is 11.8 Å². The number of nitrogens with one attached hydrogen (secondary N) is 1. The normalized spacial score (nSPS) is 20.4. The third-order valence-corrected chi connectivity index (χ3v) is 4.13. The monoisotopic (exact) mass is 314 g/mol. The Balaban J connectivity index is 1.88. The van der Waals surface area contributed by atoms with E-state index in [0.717, 1.165) is 6.42 Å². The molecule has 0 spiro atoms. The van der Waals surface area contributed by atoms with Crippen LogP contribution in [0.1, 0.15) is 13.3 Å². The number of amides is 2. The Hall–Kier alpha value is -1.26. The van der Waals surface area contributed by atoms with E-state index in [2.05, 4.69) is 5.32 Å². The van der Waals surface area contributed by atoms with Gasteiger partial charge in [0.05, 0.1) is 16.6 Å². The minimum atomic E-state index is -0.257. The van der Waals surface area contributed by atoms with Gasteiger partial charge in [-0.25, -0.2) is 0 Å². The lowest BCUT2D eigenvalue weighted by atomic mass is 10.3. The maximum Gasteiger partial charge on any atom is 0.243 e. The van der Waals surface area contributed by atoms with Gasteiger partial charge in [0, 0.05) is 18.7 Å². The zero-order valence-corrected chi connectivity index (χ0v) is 12.8. The fourth-order valence-electron chi connectivity index (χ4n) is 2.02. The number of anilines is 1. The molecule has 2 amide bonds. The standard InChI is InChI=1S/C14H16Cl2N2O2/c1-8-5-10(8)14(20)18(2)7-13(19)17-9-3-4-11(15)12(16)6-9/h3-4,6,8,10H,5,7H2,1-2H3,(H,17,19)/t8-,10-/m1/s1. The second kappa shape index (κ2) is 6.02. The largest absolute Gasteiger partial charge is 0.336 e. The summed E-state index contributed by atoms with van der Waals surface area (Å²) in [4.78, 5) is 25.2. The summed E-state index contributed by atoms with van der Waals surface area (Å²) in [5.41, 5.74) is 0.560. The molecule has 0 saturated heterocycles. The fraction of sp³-hybridized carbons (Fsp3) is 0.429. The van der Waals surface area contributed by atoms with Crippen molar-refractivity contribution in [2.75, 3.05) is 18.9 Å². The Morgan fingerprint density at radius 3 is 2.55 bits per heavy atom. The van der Waals surface area contributed by atoms with E-state index >= 15 is 0 Å². The molecule has 6 heteroatoms. The SMILES string of the molecule is C[C@@H]1C[C@H]1C(=O)N(C)CC(=O)Nc1ccc(Cl)c(Cl)c1. The van der Waals surface area contributed by atoms with Gasteiger partial charge < -0.3 is 10.2 Å². The summed E-state index contributed by atoms with van der Waals surface area (Å²) >= 11 is 11.7. The minimum absolute atomic E-state index is 0.0294. The molecule has 1 aliphatic carbocycles. The maximum absolute atomic E-state index is 11.9. The molecule has 0 aliphatic heterocycles. The van der Waals surface area contributed by atoms with Crippen LogP contribution in [0.3, 0.4) is 0 Å². The van der Waals surface area contributed by atoms with E-state index in [1.165, 1.54) is 4.90 Å². The highest BCUT2D eigenvalue weighted by molar-refractivity contribution is 6.42. The molecule has 1 aliphatic rings. The van der Waals surface area contributed by atoms with Gasteiger partial charge in [-0.3, -0.25) is 9.59 Å². The summed E-state index contributed by atoms with van der Waals surface area (Å²) in [6, 6.07) is 4.85. The quantitative estimate of drug-likeness (QED) is 0.928. The topological polar surface area (TPSA) is 49.4 Å². The van der Waals surface area contributed by atoms with Gasteiger partial charge in [-0.05, 0) is 30.5 Å². The number of hydrogen-bond acceptors (Lipinski definition) is 2. The van der Waals surface area contributed by atoms with Crippen molar-refractivity contribution in [3.63, 3.8) is 0 Å². The molecule has 0 unspecified atom stereocenters. The van der Waals surface area contributed by atoms with E-state index in [9.17, 15) is 9.59 Å². The molecule has 1 N–H and O–H groups in total. The van der Waals surface area contributed by atoms with Crippen molar-refractivity contribution in [3.8, 4) is 0 Å². The molecule has 1 aromatic carbocycles. The maximum atomic E-state index is 11.9. The summed E-state index contributed by atoms with van der Waals surface area (Å²) in [5.74, 6) is 0.287. The van der Waals surface area contributed by atoms with Crippen LogP contribution in [0.5, 0.6) is 0 Å². The fourth-order valence-corrected chi connectivity index (χ4v) is 2.32. The Morgan fingerprint density at radius 2 is 2.00 bits per heavy atom. The molecule has 108 valence electrons. The minimum Gasteiger partial charge on any atom is -0.336 e. The average molecular weight is 315 g/mol. The molecule has 2 atom stereocenters. The number of halogens is 2. The van der Waals surface area contributed by atoms with E-state index in [1.54, 1.807) is 25.2 Å². The molecular formula is C14H16Cl2N2O2. The van der Waals surface area contributed by atoms with Gasteiger partial charge in [-0.1, -0.05) is 30.1 Å². The van der Waals surface area contributed by atoms with Crippen LogP contribution in [-0.4, -0.2) is 30.3 Å². The van der Waals surface area contributed by atoms with Crippen LogP contribution < -0.4 is 5.32 Å². The van der Waals surface area contributed by atoms with Crippen molar-refractivity contribution in [1.29, 1.82) is 0 Å². The van der Waals surface area contributed by atoms with Crippen LogP contribution in [0, 0.1) is 11.8 Å². The van der Waals surface area contributed by atoms with Gasteiger partial charge in [0.15, 0.2) is 0 Å². The molecule has 1 fully saturated rings. The summed E-state index contributed by atoms with van der Waals surface area (Å²) in [6.07, 6.45) is 0.914. The van der Waals surface area contributed by atoms with Gasteiger partial charge >= 0.3 is 0 Å². The first-order valence-corrected chi connectivity index (χ1v) is 7.14. The summed E-state index contributed by atoms with van der Waals surface area (Å²) < 4.78 is 0. The van der Waals surface area contributed by atoms with Crippen LogP contribution in [0.15, 0.2) is 18.2 Å². The molecule has 1 saturated carbocycles. The van der Waals surface area contributed by atoms with Crippen molar-refractivity contribution in [1.82, 2.24) is 4.90 Å². The van der Waals surface area contributed by atoms with E-state index in [-0.39, 0.29) is 24.3 Å². The average Bonchev–Trinajstić information content (AvgIpc) is 3.10. The van der Waals surface area contributed by atoms with E-state index in [1.807, 2.05) is 6.92 Å². The second-order valence-corrected chi connectivity index (χ2v) is 6.01. The first-order valence-electron chi connectivity index (χ1n) is 6.38. The Morgan fingerprint density at radius 1 is 1.35 bits per heavy atom. The van der Waals surface area contributed by atoms with E-state index in [0.29, 0.717) is 21.7 Å². The van der Waals surface area contributed by atoms with Crippen LogP contribution in [0.4, 0.5) is 5.69 Å². The number of carbonyl (C=O) groups is 2. The Kier molecular flexibility index (Phi) is 4.55. The second-order valence-electron chi connectivity index (χ2n) is 5.19.